The van der Waals surface area contributed by atoms with Gasteiger partial charge in [-0.25, -0.2) is 14.6 Å². The van der Waals surface area contributed by atoms with Crippen LogP contribution in [0.1, 0.15) is 37.8 Å². The van der Waals surface area contributed by atoms with Crippen molar-refractivity contribution in [1.29, 1.82) is 0 Å². The maximum Gasteiger partial charge on any atom is 0.220 e. The summed E-state index contributed by atoms with van der Waals surface area (Å²) in [6.45, 7) is 1.51. The number of nitrogens with one attached hydrogen (secondary N) is 1. The average Bonchev–Trinajstić information content (AvgIpc) is 3.30. The molecule has 1 aliphatic carbocycles. The van der Waals surface area contributed by atoms with Crippen LogP contribution in [0, 0.1) is 5.92 Å². The van der Waals surface area contributed by atoms with Crippen molar-refractivity contribution in [2.45, 2.75) is 51.4 Å². The molecule has 4 rings (SSSR count). The van der Waals surface area contributed by atoms with E-state index in [1.165, 1.54) is 32.0 Å². The second kappa shape index (κ2) is 7.26. The molecule has 1 amide bonds. The van der Waals surface area contributed by atoms with Crippen LogP contribution in [0.2, 0.25) is 0 Å². The number of aromatic nitrogens is 5. The van der Waals surface area contributed by atoms with E-state index in [2.05, 4.69) is 25.6 Å². The number of ether oxygens (including phenoxy) is 1. The molecule has 1 fully saturated rings. The third kappa shape index (κ3) is 3.68. The van der Waals surface area contributed by atoms with E-state index in [0.717, 1.165) is 17.0 Å². The van der Waals surface area contributed by atoms with Gasteiger partial charge in [-0.05, 0) is 18.8 Å². The zero-order chi connectivity index (χ0) is 17.1. The smallest absolute Gasteiger partial charge is 0.220 e. The lowest BCUT2D eigenvalue weighted by atomic mass is 10.0. The van der Waals surface area contributed by atoms with Crippen molar-refractivity contribution in [1.82, 2.24) is 30.3 Å². The Kier molecular flexibility index (Phi) is 4.69. The minimum atomic E-state index is -0.0819. The van der Waals surface area contributed by atoms with Gasteiger partial charge in [0.1, 0.15) is 12.0 Å². The SMILES string of the molecule is O=C(CC1CCCC1)NCC1Cn2nnc(-c3cncnc3)c2CO1. The summed E-state index contributed by atoms with van der Waals surface area (Å²) in [6.07, 6.45) is 10.4. The van der Waals surface area contributed by atoms with E-state index in [-0.39, 0.29) is 12.0 Å². The van der Waals surface area contributed by atoms with Gasteiger partial charge >= 0.3 is 0 Å². The van der Waals surface area contributed by atoms with Gasteiger partial charge in [-0.2, -0.15) is 0 Å². The molecule has 0 spiro atoms. The quantitative estimate of drug-likeness (QED) is 0.881. The monoisotopic (exact) mass is 342 g/mol. The van der Waals surface area contributed by atoms with E-state index in [0.29, 0.717) is 32.0 Å². The molecule has 8 nitrogen and oxygen atoms in total. The number of rotatable bonds is 5. The van der Waals surface area contributed by atoms with Gasteiger partial charge in [0.05, 0.1) is 24.9 Å². The molecule has 25 heavy (non-hydrogen) atoms. The average molecular weight is 342 g/mol. The summed E-state index contributed by atoms with van der Waals surface area (Å²) in [6, 6.07) is 0. The first kappa shape index (κ1) is 16.1. The molecule has 0 aromatic carbocycles. The van der Waals surface area contributed by atoms with E-state index in [1.54, 1.807) is 12.4 Å². The van der Waals surface area contributed by atoms with Crippen LogP contribution in [0.15, 0.2) is 18.7 Å². The van der Waals surface area contributed by atoms with Crippen LogP contribution in [-0.4, -0.2) is 43.5 Å². The highest BCUT2D eigenvalue weighted by atomic mass is 16.5. The van der Waals surface area contributed by atoms with Gasteiger partial charge in [-0.15, -0.1) is 5.10 Å². The number of carbonyl (C=O) groups is 1. The molecule has 2 aliphatic rings. The summed E-state index contributed by atoms with van der Waals surface area (Å²) in [5.74, 6) is 0.687. The fourth-order valence-corrected chi connectivity index (χ4v) is 3.61. The number of fused-ring (bicyclic) bond motifs is 1. The van der Waals surface area contributed by atoms with E-state index >= 15 is 0 Å². The fraction of sp³-hybridized carbons (Fsp3) is 0.588. The van der Waals surface area contributed by atoms with Gasteiger partial charge < -0.3 is 10.1 Å². The molecule has 8 heteroatoms. The summed E-state index contributed by atoms with van der Waals surface area (Å²) >= 11 is 0. The van der Waals surface area contributed by atoms with Crippen LogP contribution in [0.5, 0.6) is 0 Å². The molecule has 132 valence electrons. The summed E-state index contributed by atoms with van der Waals surface area (Å²) in [5, 5.41) is 11.4. The predicted octanol–water partition coefficient (Wildman–Crippen LogP) is 1.33. The van der Waals surface area contributed by atoms with Gasteiger partial charge in [0.2, 0.25) is 5.91 Å². The first-order valence-corrected chi connectivity index (χ1v) is 8.85. The Balaban J connectivity index is 1.32. The van der Waals surface area contributed by atoms with E-state index in [9.17, 15) is 4.79 Å². The van der Waals surface area contributed by atoms with E-state index in [4.69, 9.17) is 4.74 Å². The molecule has 1 atom stereocenters. The Hall–Kier alpha value is -2.35. The summed E-state index contributed by atoms with van der Waals surface area (Å²) in [4.78, 5) is 20.1. The number of hydrogen-bond acceptors (Lipinski definition) is 6. The first-order valence-electron chi connectivity index (χ1n) is 8.85. The molecular weight excluding hydrogens is 320 g/mol. The lowest BCUT2D eigenvalue weighted by Crippen LogP contribution is -2.39. The molecule has 3 heterocycles. The van der Waals surface area contributed by atoms with Crippen LogP contribution in [-0.2, 0) is 22.7 Å². The fourth-order valence-electron chi connectivity index (χ4n) is 3.61. The number of hydrogen-bond donors (Lipinski definition) is 1. The van der Waals surface area contributed by atoms with Crippen LogP contribution in [0.3, 0.4) is 0 Å². The molecule has 2 aromatic heterocycles. The van der Waals surface area contributed by atoms with Crippen molar-refractivity contribution >= 4 is 5.91 Å². The van der Waals surface area contributed by atoms with Gasteiger partial charge in [0.25, 0.3) is 0 Å². The molecule has 1 N–H and O–H groups in total. The minimum absolute atomic E-state index is 0.0819. The molecule has 0 radical (unpaired) electrons. The Morgan fingerprint density at radius 3 is 2.88 bits per heavy atom. The number of amides is 1. The maximum absolute atomic E-state index is 12.1. The van der Waals surface area contributed by atoms with Crippen LogP contribution < -0.4 is 5.32 Å². The Morgan fingerprint density at radius 2 is 2.08 bits per heavy atom. The third-order valence-corrected chi connectivity index (χ3v) is 4.98. The van der Waals surface area contributed by atoms with Crippen molar-refractivity contribution in [2.75, 3.05) is 6.54 Å². The summed E-state index contributed by atoms with van der Waals surface area (Å²) in [5.41, 5.74) is 2.50. The standard InChI is InChI=1S/C17H22N6O2/c24-16(5-12-3-1-2-4-12)20-8-14-9-23-15(10-25-14)17(21-22-23)13-6-18-11-19-7-13/h6-7,11-12,14H,1-5,8-10H2,(H,20,24). The van der Waals surface area contributed by atoms with Gasteiger partial charge in [0, 0.05) is 30.9 Å². The van der Waals surface area contributed by atoms with Crippen molar-refractivity contribution in [3.63, 3.8) is 0 Å². The highest BCUT2D eigenvalue weighted by Crippen LogP contribution is 2.27. The largest absolute Gasteiger partial charge is 0.368 e. The van der Waals surface area contributed by atoms with Crippen molar-refractivity contribution in [3.05, 3.63) is 24.4 Å². The highest BCUT2D eigenvalue weighted by molar-refractivity contribution is 5.76. The van der Waals surface area contributed by atoms with Crippen LogP contribution >= 0.6 is 0 Å². The van der Waals surface area contributed by atoms with Crippen molar-refractivity contribution in [3.8, 4) is 11.3 Å². The summed E-state index contributed by atoms with van der Waals surface area (Å²) in [7, 11) is 0. The molecule has 1 aliphatic heterocycles. The van der Waals surface area contributed by atoms with Crippen molar-refractivity contribution < 1.29 is 9.53 Å². The zero-order valence-electron chi connectivity index (χ0n) is 14.1. The predicted molar refractivity (Wildman–Crippen MR) is 89.2 cm³/mol. The van der Waals surface area contributed by atoms with E-state index < -0.39 is 0 Å². The minimum Gasteiger partial charge on any atom is -0.368 e. The molecule has 1 unspecified atom stereocenters. The molecule has 0 saturated heterocycles. The summed E-state index contributed by atoms with van der Waals surface area (Å²) < 4.78 is 7.74. The van der Waals surface area contributed by atoms with Crippen LogP contribution in [0.25, 0.3) is 11.3 Å². The van der Waals surface area contributed by atoms with E-state index in [1.807, 2.05) is 4.68 Å². The first-order chi connectivity index (χ1) is 12.3. The second-order valence-corrected chi connectivity index (χ2v) is 6.79. The Bertz CT molecular complexity index is 726. The Labute approximate surface area is 146 Å². The molecule has 1 saturated carbocycles. The molecule has 2 aromatic rings. The normalized spacial score (nSPS) is 20.4. The lowest BCUT2D eigenvalue weighted by molar-refractivity contribution is -0.123. The van der Waals surface area contributed by atoms with Gasteiger partial charge in [-0.1, -0.05) is 18.1 Å². The topological polar surface area (TPSA) is 94.8 Å². The molecule has 0 bridgehead atoms. The zero-order valence-corrected chi connectivity index (χ0v) is 14.1. The highest BCUT2D eigenvalue weighted by Gasteiger charge is 2.25. The Morgan fingerprint density at radius 1 is 1.28 bits per heavy atom. The van der Waals surface area contributed by atoms with Crippen LogP contribution in [0.4, 0.5) is 0 Å². The number of carbonyl (C=O) groups excluding carboxylic acids is 1. The number of nitrogens with zero attached hydrogens (tertiary/aromatic N) is 5. The maximum atomic E-state index is 12.1. The molecular formula is C17H22N6O2. The lowest BCUT2D eigenvalue weighted by Gasteiger charge is -2.24. The second-order valence-electron chi connectivity index (χ2n) is 6.79. The third-order valence-electron chi connectivity index (χ3n) is 4.98. The van der Waals surface area contributed by atoms with Crippen molar-refractivity contribution in [2.24, 2.45) is 5.92 Å². The van der Waals surface area contributed by atoms with Gasteiger partial charge in [-0.3, -0.25) is 4.79 Å². The van der Waals surface area contributed by atoms with Gasteiger partial charge in [0.15, 0.2) is 0 Å².